The predicted molar refractivity (Wildman–Crippen MR) is 63.5 cm³/mol. The molecule has 0 atom stereocenters. The Morgan fingerprint density at radius 1 is 1.19 bits per heavy atom. The third-order valence-electron chi connectivity index (χ3n) is 2.61. The van der Waals surface area contributed by atoms with E-state index in [9.17, 15) is 0 Å². The lowest BCUT2D eigenvalue weighted by Crippen LogP contribution is -2.01. The van der Waals surface area contributed by atoms with E-state index in [2.05, 4.69) is 43.2 Å². The molecule has 1 heterocycles. The Balaban J connectivity index is 2.55. The number of rotatable bonds is 2. The van der Waals surface area contributed by atoms with Crippen molar-refractivity contribution in [3.05, 3.63) is 40.7 Å². The standard InChI is InChI=1S/C12H16N4/c1-8-4-9(2)12(10(3)5-8)16-7-11(6-13)14-15-16/h4-5,7H,6,13H2,1-3H3. The summed E-state index contributed by atoms with van der Waals surface area (Å²) >= 11 is 0. The first kappa shape index (κ1) is 10.8. The Kier molecular flexibility index (Phi) is 2.75. The summed E-state index contributed by atoms with van der Waals surface area (Å²) in [6.07, 6.45) is 1.88. The van der Waals surface area contributed by atoms with Gasteiger partial charge in [-0.1, -0.05) is 22.9 Å². The summed E-state index contributed by atoms with van der Waals surface area (Å²) in [5, 5.41) is 8.10. The molecule has 0 saturated heterocycles. The van der Waals surface area contributed by atoms with Crippen LogP contribution in [0.25, 0.3) is 5.69 Å². The van der Waals surface area contributed by atoms with Gasteiger partial charge in [0.25, 0.3) is 0 Å². The Morgan fingerprint density at radius 2 is 1.81 bits per heavy atom. The van der Waals surface area contributed by atoms with Crippen LogP contribution in [0.15, 0.2) is 18.3 Å². The summed E-state index contributed by atoms with van der Waals surface area (Å²) < 4.78 is 1.80. The Hall–Kier alpha value is -1.68. The van der Waals surface area contributed by atoms with Crippen LogP contribution < -0.4 is 5.73 Å². The fraction of sp³-hybridized carbons (Fsp3) is 0.333. The molecule has 2 aromatic rings. The summed E-state index contributed by atoms with van der Waals surface area (Å²) in [5.74, 6) is 0. The normalized spacial score (nSPS) is 10.8. The van der Waals surface area contributed by atoms with Crippen molar-refractivity contribution in [3.63, 3.8) is 0 Å². The van der Waals surface area contributed by atoms with Crippen LogP contribution in [0.1, 0.15) is 22.4 Å². The highest BCUT2D eigenvalue weighted by molar-refractivity contribution is 5.48. The molecule has 4 heteroatoms. The smallest absolute Gasteiger partial charge is 0.0967 e. The van der Waals surface area contributed by atoms with E-state index in [1.54, 1.807) is 4.68 Å². The summed E-state index contributed by atoms with van der Waals surface area (Å²) in [7, 11) is 0. The molecule has 2 rings (SSSR count). The summed E-state index contributed by atoms with van der Waals surface area (Å²) in [5.41, 5.74) is 11.1. The van der Waals surface area contributed by atoms with Gasteiger partial charge in [0.1, 0.15) is 0 Å². The maximum Gasteiger partial charge on any atom is 0.0967 e. The summed E-state index contributed by atoms with van der Waals surface area (Å²) in [6.45, 7) is 6.68. The van der Waals surface area contributed by atoms with Gasteiger partial charge < -0.3 is 5.73 Å². The molecule has 2 N–H and O–H groups in total. The van der Waals surface area contributed by atoms with Gasteiger partial charge in [0, 0.05) is 6.54 Å². The lowest BCUT2D eigenvalue weighted by atomic mass is 10.1. The Labute approximate surface area is 95.1 Å². The molecular weight excluding hydrogens is 200 g/mol. The number of benzene rings is 1. The van der Waals surface area contributed by atoms with Gasteiger partial charge in [-0.3, -0.25) is 0 Å². The van der Waals surface area contributed by atoms with Crippen LogP contribution in [0.2, 0.25) is 0 Å². The molecule has 0 unspecified atom stereocenters. The maximum absolute atomic E-state index is 5.53. The van der Waals surface area contributed by atoms with E-state index >= 15 is 0 Å². The van der Waals surface area contributed by atoms with Crippen molar-refractivity contribution in [2.75, 3.05) is 0 Å². The average Bonchev–Trinajstić information content (AvgIpc) is 2.64. The van der Waals surface area contributed by atoms with Gasteiger partial charge in [0.05, 0.1) is 17.6 Å². The first-order valence-corrected chi connectivity index (χ1v) is 5.31. The zero-order valence-corrected chi connectivity index (χ0v) is 9.86. The zero-order chi connectivity index (χ0) is 11.7. The van der Waals surface area contributed by atoms with E-state index in [0.29, 0.717) is 6.54 Å². The molecule has 1 aromatic heterocycles. The summed E-state index contributed by atoms with van der Waals surface area (Å²) in [4.78, 5) is 0. The number of hydrogen-bond donors (Lipinski definition) is 1. The SMILES string of the molecule is Cc1cc(C)c(-n2cc(CN)nn2)c(C)c1. The van der Waals surface area contributed by atoms with E-state index in [1.807, 2.05) is 6.20 Å². The molecule has 0 amide bonds. The minimum Gasteiger partial charge on any atom is -0.325 e. The van der Waals surface area contributed by atoms with Gasteiger partial charge in [-0.05, 0) is 31.9 Å². The minimum absolute atomic E-state index is 0.421. The number of nitrogens with zero attached hydrogens (tertiary/aromatic N) is 3. The van der Waals surface area contributed by atoms with E-state index in [-0.39, 0.29) is 0 Å². The van der Waals surface area contributed by atoms with Crippen LogP contribution in [-0.4, -0.2) is 15.0 Å². The van der Waals surface area contributed by atoms with Crippen LogP contribution in [-0.2, 0) is 6.54 Å². The molecule has 4 nitrogen and oxygen atoms in total. The van der Waals surface area contributed by atoms with Gasteiger partial charge in [0.2, 0.25) is 0 Å². The topological polar surface area (TPSA) is 56.7 Å². The summed E-state index contributed by atoms with van der Waals surface area (Å²) in [6, 6.07) is 4.29. The van der Waals surface area contributed by atoms with Crippen molar-refractivity contribution in [2.24, 2.45) is 5.73 Å². The molecule has 0 saturated carbocycles. The van der Waals surface area contributed by atoms with Gasteiger partial charge in [-0.15, -0.1) is 5.10 Å². The molecule has 0 spiro atoms. The number of aryl methyl sites for hydroxylation is 3. The van der Waals surface area contributed by atoms with Crippen LogP contribution in [0.3, 0.4) is 0 Å². The Morgan fingerprint density at radius 3 is 2.31 bits per heavy atom. The first-order valence-electron chi connectivity index (χ1n) is 5.31. The number of aromatic nitrogens is 3. The van der Waals surface area contributed by atoms with Crippen molar-refractivity contribution >= 4 is 0 Å². The van der Waals surface area contributed by atoms with E-state index in [0.717, 1.165) is 11.4 Å². The second-order valence-electron chi connectivity index (χ2n) is 4.11. The molecule has 16 heavy (non-hydrogen) atoms. The van der Waals surface area contributed by atoms with Crippen molar-refractivity contribution in [1.29, 1.82) is 0 Å². The minimum atomic E-state index is 0.421. The molecule has 0 aliphatic heterocycles. The number of hydrogen-bond acceptors (Lipinski definition) is 3. The van der Waals surface area contributed by atoms with Gasteiger partial charge in [-0.2, -0.15) is 0 Å². The third kappa shape index (κ3) is 1.84. The van der Waals surface area contributed by atoms with Crippen molar-refractivity contribution in [2.45, 2.75) is 27.3 Å². The first-order chi connectivity index (χ1) is 7.61. The zero-order valence-electron chi connectivity index (χ0n) is 9.86. The fourth-order valence-corrected chi connectivity index (χ4v) is 2.03. The van der Waals surface area contributed by atoms with Gasteiger partial charge in [-0.25, -0.2) is 4.68 Å². The third-order valence-corrected chi connectivity index (χ3v) is 2.61. The molecule has 0 aliphatic carbocycles. The largest absolute Gasteiger partial charge is 0.325 e. The van der Waals surface area contributed by atoms with Gasteiger partial charge in [0.15, 0.2) is 0 Å². The highest BCUT2D eigenvalue weighted by Crippen LogP contribution is 2.19. The Bertz CT molecular complexity index is 490. The van der Waals surface area contributed by atoms with Crippen molar-refractivity contribution in [1.82, 2.24) is 15.0 Å². The van der Waals surface area contributed by atoms with E-state index in [1.165, 1.54) is 16.7 Å². The maximum atomic E-state index is 5.53. The van der Waals surface area contributed by atoms with Crippen molar-refractivity contribution in [3.8, 4) is 5.69 Å². The molecule has 0 aliphatic rings. The van der Waals surface area contributed by atoms with Gasteiger partial charge >= 0.3 is 0 Å². The molecule has 84 valence electrons. The molecule has 1 aromatic carbocycles. The second-order valence-corrected chi connectivity index (χ2v) is 4.11. The molecule has 0 bridgehead atoms. The van der Waals surface area contributed by atoms with Crippen molar-refractivity contribution < 1.29 is 0 Å². The number of nitrogens with two attached hydrogens (primary N) is 1. The lowest BCUT2D eigenvalue weighted by Gasteiger charge is -2.10. The monoisotopic (exact) mass is 216 g/mol. The quantitative estimate of drug-likeness (QED) is 0.830. The highest BCUT2D eigenvalue weighted by atomic mass is 15.4. The molecule has 0 fully saturated rings. The average molecular weight is 216 g/mol. The molecular formula is C12H16N4. The molecule has 0 radical (unpaired) electrons. The van der Waals surface area contributed by atoms with Crippen LogP contribution in [0.4, 0.5) is 0 Å². The van der Waals surface area contributed by atoms with Crippen LogP contribution in [0.5, 0.6) is 0 Å². The fourth-order valence-electron chi connectivity index (χ4n) is 2.03. The lowest BCUT2D eigenvalue weighted by molar-refractivity contribution is 0.787. The van der Waals surface area contributed by atoms with E-state index < -0.39 is 0 Å². The van der Waals surface area contributed by atoms with E-state index in [4.69, 9.17) is 5.73 Å². The second kappa shape index (κ2) is 4.06. The predicted octanol–water partition coefficient (Wildman–Crippen LogP) is 1.65. The van der Waals surface area contributed by atoms with Crippen LogP contribution >= 0.6 is 0 Å². The van der Waals surface area contributed by atoms with Crippen LogP contribution in [0, 0.1) is 20.8 Å². The highest BCUT2D eigenvalue weighted by Gasteiger charge is 2.08.